The van der Waals surface area contributed by atoms with Gasteiger partial charge in [0.1, 0.15) is 17.9 Å². The molecule has 2 aromatic carbocycles. The van der Waals surface area contributed by atoms with E-state index in [4.69, 9.17) is 6.42 Å². The second-order valence-corrected chi connectivity index (χ2v) is 10.3. The van der Waals surface area contributed by atoms with Crippen LogP contribution >= 0.6 is 0 Å². The quantitative estimate of drug-likeness (QED) is 0.449. The minimum atomic E-state index is -4.53. The number of carbonyl (C=O) groups excluding carboxylic acids is 3. The van der Waals surface area contributed by atoms with Crippen LogP contribution in [0.2, 0.25) is 0 Å². The number of piperazine rings is 1. The summed E-state index contributed by atoms with van der Waals surface area (Å²) in [7, 11) is 0. The van der Waals surface area contributed by atoms with Crippen LogP contribution in [-0.2, 0) is 27.1 Å². The number of rotatable bonds is 5. The van der Waals surface area contributed by atoms with Gasteiger partial charge in [-0.15, -0.1) is 6.42 Å². The van der Waals surface area contributed by atoms with E-state index >= 15 is 0 Å². The summed E-state index contributed by atoms with van der Waals surface area (Å²) in [5, 5.41) is 12.3. The first kappa shape index (κ1) is 26.7. The number of carbonyl (C=O) groups is 3. The van der Waals surface area contributed by atoms with Crippen molar-refractivity contribution < 1.29 is 37.1 Å². The molecule has 5 rings (SSSR count). The molecule has 2 aromatic rings. The predicted molar refractivity (Wildman–Crippen MR) is 131 cm³/mol. The van der Waals surface area contributed by atoms with Crippen molar-refractivity contribution in [3.05, 3.63) is 65.0 Å². The molecule has 3 fully saturated rings. The number of alkyl halides is 3. The highest BCUT2D eigenvalue weighted by molar-refractivity contribution is 6.10. The molecular formula is C28H25F4N3O4. The first-order chi connectivity index (χ1) is 18.4. The number of aliphatic hydroxyl groups excluding tert-OH is 1. The third-order valence-corrected chi connectivity index (χ3v) is 7.78. The van der Waals surface area contributed by atoms with Crippen molar-refractivity contribution in [2.75, 3.05) is 11.4 Å². The van der Waals surface area contributed by atoms with Crippen LogP contribution in [0.3, 0.4) is 0 Å². The number of amides is 3. The summed E-state index contributed by atoms with van der Waals surface area (Å²) in [6.45, 7) is -0.636. The van der Waals surface area contributed by atoms with Crippen molar-refractivity contribution in [2.45, 2.75) is 56.1 Å². The molecule has 2 N–H and O–H groups in total. The number of nitrogens with zero attached hydrogens (tertiary/aromatic N) is 2. The normalized spacial score (nSPS) is 26.6. The van der Waals surface area contributed by atoms with Crippen LogP contribution in [0.5, 0.6) is 0 Å². The first-order valence-corrected chi connectivity index (χ1v) is 12.4. The zero-order valence-corrected chi connectivity index (χ0v) is 20.7. The van der Waals surface area contributed by atoms with Crippen molar-refractivity contribution in [3.63, 3.8) is 0 Å². The topological polar surface area (TPSA) is 90.0 Å². The van der Waals surface area contributed by atoms with Gasteiger partial charge in [-0.05, 0) is 61.6 Å². The minimum Gasteiger partial charge on any atom is -0.393 e. The fourth-order valence-corrected chi connectivity index (χ4v) is 5.49. The number of hydrogen-bond acceptors (Lipinski definition) is 4. The lowest BCUT2D eigenvalue weighted by Crippen LogP contribution is -2.74. The fourth-order valence-electron chi connectivity index (χ4n) is 5.49. The van der Waals surface area contributed by atoms with Gasteiger partial charge in [-0.1, -0.05) is 18.1 Å². The van der Waals surface area contributed by atoms with Gasteiger partial charge in [-0.3, -0.25) is 19.3 Å². The summed E-state index contributed by atoms with van der Waals surface area (Å²) < 4.78 is 54.0. The second kappa shape index (κ2) is 9.68. The van der Waals surface area contributed by atoms with Crippen LogP contribution in [0.4, 0.5) is 23.2 Å². The highest BCUT2D eigenvalue weighted by Crippen LogP contribution is 2.48. The van der Waals surface area contributed by atoms with E-state index in [1.54, 1.807) is 0 Å². The van der Waals surface area contributed by atoms with Gasteiger partial charge in [0.25, 0.3) is 5.91 Å². The highest BCUT2D eigenvalue weighted by atomic mass is 19.4. The molecule has 0 atom stereocenters. The molecule has 3 aliphatic rings. The number of nitrogens with one attached hydrogen (secondary N) is 1. The molecule has 2 saturated carbocycles. The van der Waals surface area contributed by atoms with Crippen LogP contribution in [-0.4, -0.2) is 52.0 Å². The van der Waals surface area contributed by atoms with Crippen molar-refractivity contribution in [2.24, 2.45) is 5.92 Å². The zero-order valence-electron chi connectivity index (χ0n) is 20.7. The Balaban J connectivity index is 1.42. The fraction of sp³-hybridized carbons (Fsp3) is 0.393. The van der Waals surface area contributed by atoms with Gasteiger partial charge in [-0.2, -0.15) is 13.2 Å². The molecule has 3 amide bonds. The van der Waals surface area contributed by atoms with Crippen molar-refractivity contribution in [3.8, 4) is 12.3 Å². The number of terminal acetylenes is 1. The standard InChI is InChI=1S/C28H25F4N3O4/c1-2-16-5-8-23(22(29)9-16)34-15-24(37)35(14-17-3-6-19(7-4-17)28(30,31)32)27(26(34)39)12-18(13-27)25(38)33-20-10-21(36)11-20/h1,3-9,18,20-21,36H,10-15H2,(H,33,38). The Morgan fingerprint density at radius 2 is 1.79 bits per heavy atom. The van der Waals surface area contributed by atoms with Crippen molar-refractivity contribution >= 4 is 23.4 Å². The van der Waals surface area contributed by atoms with Gasteiger partial charge in [0.15, 0.2) is 0 Å². The monoisotopic (exact) mass is 543 g/mol. The highest BCUT2D eigenvalue weighted by Gasteiger charge is 2.61. The lowest BCUT2D eigenvalue weighted by molar-refractivity contribution is -0.165. The summed E-state index contributed by atoms with van der Waals surface area (Å²) in [5.41, 5.74) is -1.82. The Hall–Kier alpha value is -3.91. The van der Waals surface area contributed by atoms with Crippen LogP contribution in [0, 0.1) is 24.1 Å². The third kappa shape index (κ3) is 4.85. The zero-order chi connectivity index (χ0) is 28.1. The van der Waals surface area contributed by atoms with E-state index in [1.165, 1.54) is 29.2 Å². The van der Waals surface area contributed by atoms with E-state index in [1.807, 2.05) is 0 Å². The Labute approximate surface area is 221 Å². The molecule has 11 heteroatoms. The summed E-state index contributed by atoms with van der Waals surface area (Å²) in [5.74, 6) is -0.511. The Bertz CT molecular complexity index is 1360. The van der Waals surface area contributed by atoms with Crippen LogP contribution in [0.1, 0.15) is 42.4 Å². The van der Waals surface area contributed by atoms with Gasteiger partial charge in [0, 0.05) is 24.1 Å². The number of halogens is 4. The van der Waals surface area contributed by atoms with E-state index in [2.05, 4.69) is 11.2 Å². The van der Waals surface area contributed by atoms with Gasteiger partial charge in [0.05, 0.1) is 17.4 Å². The molecular weight excluding hydrogens is 518 g/mol. The van der Waals surface area contributed by atoms with E-state index in [0.29, 0.717) is 18.4 Å². The maximum Gasteiger partial charge on any atom is 0.416 e. The maximum atomic E-state index is 14.9. The molecule has 1 heterocycles. The SMILES string of the molecule is C#Cc1ccc(N2CC(=O)N(Cc3ccc(C(F)(F)F)cc3)C3(CC(C(=O)NC4CC(O)C4)C3)C2=O)c(F)c1. The second-order valence-electron chi connectivity index (χ2n) is 10.3. The molecule has 1 aliphatic heterocycles. The molecule has 204 valence electrons. The molecule has 0 unspecified atom stereocenters. The molecule has 7 nitrogen and oxygen atoms in total. The predicted octanol–water partition coefficient (Wildman–Crippen LogP) is 2.99. The minimum absolute atomic E-state index is 0.0279. The van der Waals surface area contributed by atoms with Crippen molar-refractivity contribution in [1.82, 2.24) is 10.2 Å². The van der Waals surface area contributed by atoms with E-state index < -0.39 is 53.5 Å². The summed E-state index contributed by atoms with van der Waals surface area (Å²) in [4.78, 5) is 42.4. The van der Waals surface area contributed by atoms with Gasteiger partial charge in [0.2, 0.25) is 11.8 Å². The van der Waals surface area contributed by atoms with E-state index in [0.717, 1.165) is 23.1 Å². The number of aliphatic hydroxyl groups is 1. The third-order valence-electron chi connectivity index (χ3n) is 7.78. The average molecular weight is 544 g/mol. The number of benzene rings is 2. The van der Waals surface area contributed by atoms with Crippen LogP contribution < -0.4 is 10.2 Å². The van der Waals surface area contributed by atoms with Crippen LogP contribution in [0.25, 0.3) is 0 Å². The number of hydrogen-bond donors (Lipinski definition) is 2. The Kier molecular flexibility index (Phi) is 6.63. The van der Waals surface area contributed by atoms with Crippen molar-refractivity contribution in [1.29, 1.82) is 0 Å². The average Bonchev–Trinajstić information content (AvgIpc) is 2.84. The molecule has 1 saturated heterocycles. The lowest BCUT2D eigenvalue weighted by Gasteiger charge is -2.56. The molecule has 2 aliphatic carbocycles. The van der Waals surface area contributed by atoms with E-state index in [9.17, 15) is 37.1 Å². The molecule has 0 aromatic heterocycles. The number of anilines is 1. The largest absolute Gasteiger partial charge is 0.416 e. The summed E-state index contributed by atoms with van der Waals surface area (Å²) in [6, 6.07) is 7.96. The molecule has 1 spiro atoms. The van der Waals surface area contributed by atoms with Gasteiger partial charge >= 0.3 is 6.18 Å². The summed E-state index contributed by atoms with van der Waals surface area (Å²) >= 11 is 0. The Morgan fingerprint density at radius 1 is 1.13 bits per heavy atom. The Morgan fingerprint density at radius 3 is 2.36 bits per heavy atom. The lowest BCUT2D eigenvalue weighted by atomic mass is 9.64. The van der Waals surface area contributed by atoms with E-state index in [-0.39, 0.29) is 42.6 Å². The van der Waals surface area contributed by atoms with Gasteiger partial charge < -0.3 is 15.3 Å². The molecule has 0 radical (unpaired) electrons. The smallest absolute Gasteiger partial charge is 0.393 e. The van der Waals surface area contributed by atoms with Crippen LogP contribution in [0.15, 0.2) is 42.5 Å². The van der Waals surface area contributed by atoms with Gasteiger partial charge in [-0.25, -0.2) is 4.39 Å². The molecule has 0 bridgehead atoms. The molecule has 39 heavy (non-hydrogen) atoms. The summed E-state index contributed by atoms with van der Waals surface area (Å²) in [6.07, 6.45) is 1.14. The first-order valence-electron chi connectivity index (χ1n) is 12.4. The maximum absolute atomic E-state index is 14.9.